The SMILES string of the molecule is CN1C=C(S(=O)[O-])N2C=C(C(F)(F)F)C=CC12. The van der Waals surface area contributed by atoms with E-state index < -0.39 is 29.0 Å². The van der Waals surface area contributed by atoms with Gasteiger partial charge in [-0.1, -0.05) is 0 Å². The van der Waals surface area contributed by atoms with Crippen molar-refractivity contribution in [1.82, 2.24) is 9.80 Å². The summed E-state index contributed by atoms with van der Waals surface area (Å²) < 4.78 is 59.2. The topological polar surface area (TPSA) is 46.6 Å². The van der Waals surface area contributed by atoms with E-state index in [1.165, 1.54) is 17.2 Å². The Labute approximate surface area is 98.0 Å². The molecule has 2 aliphatic heterocycles. The van der Waals surface area contributed by atoms with Gasteiger partial charge in [-0.25, -0.2) is 0 Å². The quantitative estimate of drug-likeness (QED) is 0.669. The van der Waals surface area contributed by atoms with E-state index in [9.17, 15) is 21.9 Å². The normalized spacial score (nSPS) is 25.6. The van der Waals surface area contributed by atoms with Crippen LogP contribution in [0.2, 0.25) is 0 Å². The fourth-order valence-corrected chi connectivity index (χ4v) is 2.28. The van der Waals surface area contributed by atoms with Crippen molar-refractivity contribution in [2.45, 2.75) is 12.3 Å². The molecule has 94 valence electrons. The predicted molar refractivity (Wildman–Crippen MR) is 53.7 cm³/mol. The molecule has 0 aliphatic carbocycles. The van der Waals surface area contributed by atoms with E-state index in [2.05, 4.69) is 0 Å². The van der Waals surface area contributed by atoms with Crippen LogP contribution < -0.4 is 0 Å². The Morgan fingerprint density at radius 2 is 2.06 bits per heavy atom. The van der Waals surface area contributed by atoms with Crippen LogP contribution in [-0.2, 0) is 11.1 Å². The van der Waals surface area contributed by atoms with Crippen LogP contribution in [0.4, 0.5) is 13.2 Å². The minimum absolute atomic E-state index is 0.177. The number of fused-ring (bicyclic) bond motifs is 1. The first-order valence-electron chi connectivity index (χ1n) is 4.59. The second kappa shape index (κ2) is 3.88. The summed E-state index contributed by atoms with van der Waals surface area (Å²) in [5.74, 6) is 0. The van der Waals surface area contributed by atoms with Gasteiger partial charge in [0.05, 0.1) is 5.57 Å². The van der Waals surface area contributed by atoms with Crippen LogP contribution in [0.25, 0.3) is 0 Å². The number of nitrogens with zero attached hydrogens (tertiary/aromatic N) is 2. The van der Waals surface area contributed by atoms with Gasteiger partial charge in [-0.3, -0.25) is 4.21 Å². The number of rotatable bonds is 1. The Balaban J connectivity index is 2.37. The molecule has 0 bridgehead atoms. The second-order valence-electron chi connectivity index (χ2n) is 3.63. The fourth-order valence-electron chi connectivity index (χ4n) is 1.69. The van der Waals surface area contributed by atoms with E-state index in [0.29, 0.717) is 0 Å². The Hall–Kier alpha value is -1.28. The Kier molecular flexibility index (Phi) is 2.78. The molecule has 0 N–H and O–H groups in total. The molecule has 17 heavy (non-hydrogen) atoms. The smallest absolute Gasteiger partial charge is 0.417 e. The molecule has 2 heterocycles. The van der Waals surface area contributed by atoms with Gasteiger partial charge < -0.3 is 14.4 Å². The molecule has 2 rings (SSSR count). The van der Waals surface area contributed by atoms with Crippen LogP contribution in [0.3, 0.4) is 0 Å². The zero-order valence-corrected chi connectivity index (χ0v) is 9.46. The molecule has 0 spiro atoms. The monoisotopic (exact) mass is 265 g/mol. The third-order valence-electron chi connectivity index (χ3n) is 2.50. The van der Waals surface area contributed by atoms with Crippen molar-refractivity contribution in [2.24, 2.45) is 0 Å². The molecule has 0 radical (unpaired) electrons. The Morgan fingerprint density at radius 3 is 2.59 bits per heavy atom. The van der Waals surface area contributed by atoms with E-state index in [1.807, 2.05) is 0 Å². The lowest BCUT2D eigenvalue weighted by Gasteiger charge is -2.31. The molecule has 0 aromatic heterocycles. The van der Waals surface area contributed by atoms with Gasteiger partial charge in [-0.2, -0.15) is 13.2 Å². The highest BCUT2D eigenvalue weighted by molar-refractivity contribution is 7.83. The highest BCUT2D eigenvalue weighted by atomic mass is 32.2. The molecule has 0 aromatic carbocycles. The highest BCUT2D eigenvalue weighted by Gasteiger charge is 2.38. The molecule has 0 fully saturated rings. The minimum atomic E-state index is -4.49. The molecule has 2 unspecified atom stereocenters. The van der Waals surface area contributed by atoms with Gasteiger partial charge in [-0.15, -0.1) is 0 Å². The molecule has 2 aliphatic rings. The van der Waals surface area contributed by atoms with Crippen molar-refractivity contribution < 1.29 is 21.9 Å². The number of hydrogen-bond acceptors (Lipinski definition) is 4. The van der Waals surface area contributed by atoms with E-state index >= 15 is 0 Å². The molecular formula is C9H8F3N2O2S-. The van der Waals surface area contributed by atoms with E-state index in [1.54, 1.807) is 7.05 Å². The third kappa shape index (κ3) is 2.09. The average Bonchev–Trinajstić information content (AvgIpc) is 2.54. The van der Waals surface area contributed by atoms with Crippen LogP contribution in [0.15, 0.2) is 35.2 Å². The highest BCUT2D eigenvalue weighted by Crippen LogP contribution is 2.34. The number of alkyl halides is 3. The maximum Gasteiger partial charge on any atom is 0.417 e. The maximum absolute atomic E-state index is 12.5. The molecule has 0 amide bonds. The Bertz CT molecular complexity index is 456. The zero-order valence-electron chi connectivity index (χ0n) is 8.64. The van der Waals surface area contributed by atoms with Crippen molar-refractivity contribution in [1.29, 1.82) is 0 Å². The molecule has 8 heteroatoms. The molecule has 0 saturated heterocycles. The maximum atomic E-state index is 12.5. The van der Waals surface area contributed by atoms with Crippen molar-refractivity contribution in [3.05, 3.63) is 35.2 Å². The molecule has 4 nitrogen and oxygen atoms in total. The van der Waals surface area contributed by atoms with Gasteiger partial charge in [0.15, 0.2) is 0 Å². The minimum Gasteiger partial charge on any atom is -0.767 e. The summed E-state index contributed by atoms with van der Waals surface area (Å²) in [5.41, 5.74) is -0.875. The summed E-state index contributed by atoms with van der Waals surface area (Å²) in [6, 6.07) is 0. The van der Waals surface area contributed by atoms with Gasteiger partial charge in [0.1, 0.15) is 11.2 Å². The van der Waals surface area contributed by atoms with Crippen LogP contribution >= 0.6 is 0 Å². The first kappa shape index (κ1) is 12.2. The molecule has 0 saturated carbocycles. The second-order valence-corrected chi connectivity index (χ2v) is 4.52. The first-order valence-corrected chi connectivity index (χ1v) is 5.67. The van der Waals surface area contributed by atoms with Crippen molar-refractivity contribution in [3.8, 4) is 0 Å². The Morgan fingerprint density at radius 1 is 1.41 bits per heavy atom. The van der Waals surface area contributed by atoms with Crippen LogP contribution in [0.5, 0.6) is 0 Å². The van der Waals surface area contributed by atoms with Gasteiger partial charge in [0.25, 0.3) is 0 Å². The zero-order chi connectivity index (χ0) is 12.8. The van der Waals surface area contributed by atoms with Crippen LogP contribution in [0, 0.1) is 0 Å². The number of hydrogen-bond donors (Lipinski definition) is 0. The van der Waals surface area contributed by atoms with Crippen LogP contribution in [0.1, 0.15) is 0 Å². The lowest BCUT2D eigenvalue weighted by atomic mass is 10.2. The van der Waals surface area contributed by atoms with Gasteiger partial charge in [0.2, 0.25) is 0 Å². The molecular weight excluding hydrogens is 257 g/mol. The summed E-state index contributed by atoms with van der Waals surface area (Å²) in [5, 5.41) is -0.177. The van der Waals surface area contributed by atoms with E-state index in [0.717, 1.165) is 17.2 Å². The molecule has 2 atom stereocenters. The summed E-state index contributed by atoms with van der Waals surface area (Å²) in [6.07, 6.45) is -0.669. The summed E-state index contributed by atoms with van der Waals surface area (Å²) in [6.45, 7) is 0. The van der Waals surface area contributed by atoms with Gasteiger partial charge in [0, 0.05) is 19.4 Å². The number of halogens is 3. The van der Waals surface area contributed by atoms with Gasteiger partial charge >= 0.3 is 6.18 Å². The average molecular weight is 265 g/mol. The largest absolute Gasteiger partial charge is 0.767 e. The van der Waals surface area contributed by atoms with Gasteiger partial charge in [-0.05, 0) is 23.2 Å². The third-order valence-corrected chi connectivity index (χ3v) is 3.15. The standard InChI is InChI=1S/C9H9F3N2O2S/c1-13-5-8(17(15)16)14-4-6(9(10,11)12)2-3-7(13)14/h2-5,7H,1H3,(H,15,16)/p-1. The summed E-state index contributed by atoms with van der Waals surface area (Å²) >= 11 is -2.57. The number of likely N-dealkylation sites (N-methyl/N-ethyl adjacent to an activating group) is 1. The summed E-state index contributed by atoms with van der Waals surface area (Å²) in [7, 11) is 1.59. The predicted octanol–water partition coefficient (Wildman–Crippen LogP) is 1.25. The fraction of sp³-hybridized carbons (Fsp3) is 0.333. The molecule has 0 aromatic rings. The summed E-state index contributed by atoms with van der Waals surface area (Å²) in [4.78, 5) is 2.59. The lowest BCUT2D eigenvalue weighted by molar-refractivity contribution is -0.0897. The van der Waals surface area contributed by atoms with Crippen molar-refractivity contribution >= 4 is 11.1 Å². The lowest BCUT2D eigenvalue weighted by Crippen LogP contribution is -2.36. The number of allylic oxidation sites excluding steroid dienone is 2. The van der Waals surface area contributed by atoms with E-state index in [-0.39, 0.29) is 5.03 Å². The van der Waals surface area contributed by atoms with Crippen molar-refractivity contribution in [3.63, 3.8) is 0 Å². The van der Waals surface area contributed by atoms with Crippen LogP contribution in [-0.4, -0.2) is 38.0 Å². The first-order chi connectivity index (χ1) is 7.80. The van der Waals surface area contributed by atoms with Crippen molar-refractivity contribution in [2.75, 3.05) is 7.05 Å². The van der Waals surface area contributed by atoms with E-state index in [4.69, 9.17) is 0 Å².